The van der Waals surface area contributed by atoms with Crippen LogP contribution in [0.4, 0.5) is 5.69 Å². The van der Waals surface area contributed by atoms with E-state index in [0.717, 1.165) is 43.5 Å². The van der Waals surface area contributed by atoms with Crippen molar-refractivity contribution in [3.63, 3.8) is 0 Å². The monoisotopic (exact) mass is 231 g/mol. The van der Waals surface area contributed by atoms with Crippen LogP contribution in [-0.2, 0) is 6.42 Å². The third-order valence-electron chi connectivity index (χ3n) is 3.40. The molecule has 17 heavy (non-hydrogen) atoms. The molecule has 0 atom stereocenters. The molecule has 0 aliphatic carbocycles. The summed E-state index contributed by atoms with van der Waals surface area (Å²) in [6, 6.07) is 6.06. The van der Waals surface area contributed by atoms with Crippen molar-refractivity contribution in [2.45, 2.75) is 45.4 Å². The maximum atomic E-state index is 12.2. The van der Waals surface area contributed by atoms with Crippen LogP contribution in [0.5, 0.6) is 0 Å². The summed E-state index contributed by atoms with van der Waals surface area (Å²) < 4.78 is 0. The summed E-state index contributed by atoms with van der Waals surface area (Å²) in [6.07, 6.45) is 6.21. The Morgan fingerprint density at radius 3 is 3.06 bits per heavy atom. The first-order chi connectivity index (χ1) is 8.33. The van der Waals surface area contributed by atoms with E-state index in [0.29, 0.717) is 12.2 Å². The average Bonchev–Trinajstić information content (AvgIpc) is 2.38. The van der Waals surface area contributed by atoms with Gasteiger partial charge in [0.15, 0.2) is 5.78 Å². The minimum atomic E-state index is 0.319. The maximum Gasteiger partial charge on any atom is 0.163 e. The molecule has 0 unspecified atom stereocenters. The second-order valence-corrected chi connectivity index (χ2v) is 4.74. The van der Waals surface area contributed by atoms with E-state index in [1.807, 2.05) is 12.1 Å². The number of carbonyl (C=O) groups is 1. The summed E-state index contributed by atoms with van der Waals surface area (Å²) in [7, 11) is 0. The molecule has 1 N–H and O–H groups in total. The molecule has 0 bridgehead atoms. The van der Waals surface area contributed by atoms with E-state index in [4.69, 9.17) is 0 Å². The third kappa shape index (κ3) is 2.87. The highest BCUT2D eigenvalue weighted by atomic mass is 16.1. The van der Waals surface area contributed by atoms with Crippen molar-refractivity contribution in [3.8, 4) is 0 Å². The number of nitrogens with one attached hydrogen (secondary N) is 1. The van der Waals surface area contributed by atoms with Gasteiger partial charge in [0.25, 0.3) is 0 Å². The number of anilines is 1. The summed E-state index contributed by atoms with van der Waals surface area (Å²) in [5.41, 5.74) is 3.35. The van der Waals surface area contributed by atoms with Crippen LogP contribution >= 0.6 is 0 Å². The number of hydrogen-bond donors (Lipinski definition) is 1. The molecule has 1 heterocycles. The highest BCUT2D eigenvalue weighted by Crippen LogP contribution is 2.26. The third-order valence-corrected chi connectivity index (χ3v) is 3.40. The number of rotatable bonds is 5. The van der Waals surface area contributed by atoms with Crippen LogP contribution in [0.25, 0.3) is 0 Å². The Hall–Kier alpha value is -1.31. The first-order valence-electron chi connectivity index (χ1n) is 6.72. The summed E-state index contributed by atoms with van der Waals surface area (Å²) >= 11 is 0. The van der Waals surface area contributed by atoms with Crippen LogP contribution in [0.15, 0.2) is 18.2 Å². The Morgan fingerprint density at radius 2 is 2.24 bits per heavy atom. The van der Waals surface area contributed by atoms with Crippen LogP contribution in [0.3, 0.4) is 0 Å². The van der Waals surface area contributed by atoms with Gasteiger partial charge in [0.05, 0.1) is 0 Å². The molecule has 0 amide bonds. The van der Waals surface area contributed by atoms with Crippen molar-refractivity contribution in [1.29, 1.82) is 0 Å². The van der Waals surface area contributed by atoms with Crippen LogP contribution in [0.1, 0.15) is 54.9 Å². The van der Waals surface area contributed by atoms with Crippen LogP contribution < -0.4 is 5.32 Å². The zero-order valence-electron chi connectivity index (χ0n) is 10.6. The van der Waals surface area contributed by atoms with Gasteiger partial charge in [-0.1, -0.05) is 31.9 Å². The van der Waals surface area contributed by atoms with Gasteiger partial charge in [-0.05, 0) is 30.9 Å². The summed E-state index contributed by atoms with van der Waals surface area (Å²) in [5.74, 6) is 0.319. The van der Waals surface area contributed by atoms with Gasteiger partial charge in [0.2, 0.25) is 0 Å². The smallest absolute Gasteiger partial charge is 0.163 e. The molecule has 0 saturated heterocycles. The van der Waals surface area contributed by atoms with Crippen molar-refractivity contribution in [3.05, 3.63) is 29.3 Å². The highest BCUT2D eigenvalue weighted by Gasteiger charge is 2.16. The minimum absolute atomic E-state index is 0.319. The van der Waals surface area contributed by atoms with Gasteiger partial charge in [0, 0.05) is 24.2 Å². The fourth-order valence-electron chi connectivity index (χ4n) is 2.44. The molecule has 0 saturated carbocycles. The number of hydrogen-bond acceptors (Lipinski definition) is 2. The zero-order chi connectivity index (χ0) is 12.1. The van der Waals surface area contributed by atoms with Gasteiger partial charge in [0.1, 0.15) is 0 Å². The van der Waals surface area contributed by atoms with Gasteiger partial charge in [-0.2, -0.15) is 0 Å². The topological polar surface area (TPSA) is 29.1 Å². The molecular weight excluding hydrogens is 210 g/mol. The Kier molecular flexibility index (Phi) is 4.18. The molecule has 1 aliphatic heterocycles. The molecule has 0 spiro atoms. The van der Waals surface area contributed by atoms with Crippen LogP contribution in [0.2, 0.25) is 0 Å². The molecule has 0 fully saturated rings. The number of ketones is 1. The molecule has 2 nitrogen and oxygen atoms in total. The lowest BCUT2D eigenvalue weighted by Gasteiger charge is -2.20. The number of fused-ring (bicyclic) bond motifs is 1. The van der Waals surface area contributed by atoms with E-state index in [2.05, 4.69) is 18.3 Å². The summed E-state index contributed by atoms with van der Waals surface area (Å²) in [6.45, 7) is 3.19. The van der Waals surface area contributed by atoms with Crippen LogP contribution in [-0.4, -0.2) is 12.3 Å². The lowest BCUT2D eigenvalue weighted by atomic mass is 9.93. The summed E-state index contributed by atoms with van der Waals surface area (Å²) in [4.78, 5) is 12.2. The standard InChI is InChI=1S/C15H21NO/c1-2-3-4-10-15(17)13-7-5-9-14-12(13)8-6-11-16-14/h5,7,9,16H,2-4,6,8,10-11H2,1H3. The lowest BCUT2D eigenvalue weighted by molar-refractivity contribution is 0.0978. The lowest BCUT2D eigenvalue weighted by Crippen LogP contribution is -2.15. The van der Waals surface area contributed by atoms with E-state index in [9.17, 15) is 4.79 Å². The van der Waals surface area contributed by atoms with E-state index in [-0.39, 0.29) is 0 Å². The Morgan fingerprint density at radius 1 is 1.35 bits per heavy atom. The van der Waals surface area contributed by atoms with Crippen molar-refractivity contribution >= 4 is 11.5 Å². The molecule has 2 heteroatoms. The normalized spacial score (nSPS) is 13.9. The SMILES string of the molecule is CCCCCC(=O)c1cccc2c1CCCN2. The Labute approximate surface area is 103 Å². The molecule has 1 aliphatic rings. The van der Waals surface area contributed by atoms with Crippen molar-refractivity contribution in [2.24, 2.45) is 0 Å². The van der Waals surface area contributed by atoms with E-state index < -0.39 is 0 Å². The molecule has 2 rings (SSSR count). The highest BCUT2D eigenvalue weighted by molar-refractivity contribution is 5.98. The number of unbranched alkanes of at least 4 members (excludes halogenated alkanes) is 2. The van der Waals surface area contributed by atoms with Gasteiger partial charge in [-0.15, -0.1) is 0 Å². The van der Waals surface area contributed by atoms with E-state index in [1.165, 1.54) is 12.0 Å². The van der Waals surface area contributed by atoms with Crippen molar-refractivity contribution < 1.29 is 4.79 Å². The fourth-order valence-corrected chi connectivity index (χ4v) is 2.44. The summed E-state index contributed by atoms with van der Waals surface area (Å²) in [5, 5.41) is 3.37. The molecular formula is C15H21NO. The first-order valence-corrected chi connectivity index (χ1v) is 6.72. The zero-order valence-corrected chi connectivity index (χ0v) is 10.6. The van der Waals surface area contributed by atoms with Gasteiger partial charge < -0.3 is 5.32 Å². The van der Waals surface area contributed by atoms with Crippen molar-refractivity contribution in [2.75, 3.05) is 11.9 Å². The molecule has 92 valence electrons. The quantitative estimate of drug-likeness (QED) is 0.616. The Bertz CT molecular complexity index is 398. The Balaban J connectivity index is 2.12. The van der Waals surface area contributed by atoms with Crippen molar-refractivity contribution in [1.82, 2.24) is 0 Å². The second kappa shape index (κ2) is 5.85. The van der Waals surface area contributed by atoms with Gasteiger partial charge in [-0.25, -0.2) is 0 Å². The minimum Gasteiger partial charge on any atom is -0.385 e. The fraction of sp³-hybridized carbons (Fsp3) is 0.533. The molecule has 0 aromatic heterocycles. The molecule has 1 aromatic rings. The van der Waals surface area contributed by atoms with Crippen LogP contribution in [0, 0.1) is 0 Å². The second-order valence-electron chi connectivity index (χ2n) is 4.74. The first kappa shape index (κ1) is 12.2. The average molecular weight is 231 g/mol. The van der Waals surface area contributed by atoms with Gasteiger partial charge in [-0.3, -0.25) is 4.79 Å². The van der Waals surface area contributed by atoms with E-state index >= 15 is 0 Å². The predicted octanol–water partition coefficient (Wildman–Crippen LogP) is 3.81. The number of carbonyl (C=O) groups excluding carboxylic acids is 1. The van der Waals surface area contributed by atoms with Gasteiger partial charge >= 0.3 is 0 Å². The maximum absolute atomic E-state index is 12.2. The largest absolute Gasteiger partial charge is 0.385 e. The molecule has 1 aromatic carbocycles. The number of benzene rings is 1. The number of Topliss-reactive ketones (excluding diaryl/α,β-unsaturated/α-hetero) is 1. The van der Waals surface area contributed by atoms with E-state index in [1.54, 1.807) is 0 Å². The predicted molar refractivity (Wildman–Crippen MR) is 71.7 cm³/mol. The molecule has 0 radical (unpaired) electrons.